The molecule has 9 heteroatoms. The number of carbonyl (C=O) groups is 3. The molecule has 0 unspecified atom stereocenters. The summed E-state index contributed by atoms with van der Waals surface area (Å²) in [5.41, 5.74) is 0. The number of alkyl carbamates (subject to hydrolysis) is 1. The summed E-state index contributed by atoms with van der Waals surface area (Å²) in [6.45, 7) is 7.35. The van der Waals surface area contributed by atoms with Crippen LogP contribution in [0, 0.1) is 0 Å². The van der Waals surface area contributed by atoms with Crippen LogP contribution in [0.3, 0.4) is 0 Å². The number of amides is 1. The Labute approximate surface area is 414 Å². The maximum absolute atomic E-state index is 12.6. The number of carbonyl (C=O) groups excluding carboxylic acids is 3. The van der Waals surface area contributed by atoms with Gasteiger partial charge in [-0.05, 0) is 104 Å². The van der Waals surface area contributed by atoms with Crippen molar-refractivity contribution >= 4 is 18.0 Å². The van der Waals surface area contributed by atoms with Crippen LogP contribution in [-0.4, -0.2) is 82.6 Å². The second kappa shape index (κ2) is 54.5. The quantitative estimate of drug-likeness (QED) is 0.0278. The van der Waals surface area contributed by atoms with Crippen LogP contribution in [0.25, 0.3) is 0 Å². The number of nitrogens with zero attached hydrogens (tertiary/aromatic N) is 1. The van der Waals surface area contributed by atoms with E-state index in [1.165, 1.54) is 193 Å². The van der Waals surface area contributed by atoms with Crippen LogP contribution in [0.5, 0.6) is 0 Å². The number of hydrogen-bond donors (Lipinski definition) is 1. The van der Waals surface area contributed by atoms with Gasteiger partial charge in [0.1, 0.15) is 6.10 Å². The van der Waals surface area contributed by atoms with Gasteiger partial charge < -0.3 is 29.2 Å². The molecule has 1 amide bonds. The highest BCUT2D eigenvalue weighted by atomic mass is 16.6. The molecule has 0 aromatic carbocycles. The first kappa shape index (κ1) is 64.6. The van der Waals surface area contributed by atoms with Crippen molar-refractivity contribution in [1.29, 1.82) is 0 Å². The van der Waals surface area contributed by atoms with E-state index in [0.717, 1.165) is 32.2 Å². The van der Waals surface area contributed by atoms with E-state index in [-0.39, 0.29) is 18.0 Å². The fourth-order valence-electron chi connectivity index (χ4n) is 8.26. The molecule has 0 atom stereocenters. The van der Waals surface area contributed by atoms with E-state index in [9.17, 15) is 14.4 Å². The average Bonchev–Trinajstić information content (AvgIpc) is 3.31. The van der Waals surface area contributed by atoms with Crippen LogP contribution < -0.4 is 5.32 Å². The zero-order chi connectivity index (χ0) is 48.8. The number of ether oxygens (including phenoxy) is 4. The van der Waals surface area contributed by atoms with Gasteiger partial charge in [-0.25, -0.2) is 4.79 Å². The number of esters is 2. The Morgan fingerprint density at radius 3 is 1.13 bits per heavy atom. The molecule has 0 saturated carbocycles. The number of nitrogens with one attached hydrogen (secondary N) is 1. The maximum atomic E-state index is 12.6. The number of allylic oxidation sites excluding steroid dienone is 4. The predicted molar refractivity (Wildman–Crippen MR) is 284 cm³/mol. The second-order valence-corrected chi connectivity index (χ2v) is 19.6. The molecule has 1 N–H and O–H groups in total. The van der Waals surface area contributed by atoms with Gasteiger partial charge in [0.05, 0.1) is 26.4 Å². The van der Waals surface area contributed by atoms with Crippen LogP contribution >= 0.6 is 0 Å². The van der Waals surface area contributed by atoms with E-state index in [1.807, 2.05) is 19.0 Å². The molecule has 0 saturated heterocycles. The van der Waals surface area contributed by atoms with Crippen molar-refractivity contribution in [1.82, 2.24) is 10.2 Å². The molecule has 0 aromatic heterocycles. The highest BCUT2D eigenvalue weighted by molar-refractivity contribution is 5.69. The molecule has 9 nitrogen and oxygen atoms in total. The van der Waals surface area contributed by atoms with Crippen LogP contribution in [0.15, 0.2) is 24.3 Å². The van der Waals surface area contributed by atoms with Gasteiger partial charge in [-0.15, -0.1) is 0 Å². The van der Waals surface area contributed by atoms with Crippen LogP contribution in [0.1, 0.15) is 271 Å². The van der Waals surface area contributed by atoms with Crippen LogP contribution in [-0.2, 0) is 28.5 Å². The minimum atomic E-state index is -0.487. The zero-order valence-electron chi connectivity index (χ0n) is 44.7. The summed E-state index contributed by atoms with van der Waals surface area (Å²) in [6.07, 6.45) is 55.2. The van der Waals surface area contributed by atoms with E-state index >= 15 is 0 Å². The molecule has 0 aliphatic rings. The zero-order valence-corrected chi connectivity index (χ0v) is 44.7. The molecular formula is C58H110N2O7. The molecule has 0 spiro atoms. The summed E-state index contributed by atoms with van der Waals surface area (Å²) < 4.78 is 22.4. The van der Waals surface area contributed by atoms with Crippen molar-refractivity contribution in [2.45, 2.75) is 277 Å². The molecule has 0 aliphatic carbocycles. The third-order valence-electron chi connectivity index (χ3n) is 12.6. The van der Waals surface area contributed by atoms with Gasteiger partial charge >= 0.3 is 18.0 Å². The highest BCUT2D eigenvalue weighted by Crippen LogP contribution is 2.16. The smallest absolute Gasteiger partial charge is 0.407 e. The molecule has 0 fully saturated rings. The van der Waals surface area contributed by atoms with E-state index < -0.39 is 6.09 Å². The normalized spacial score (nSPS) is 11.7. The lowest BCUT2D eigenvalue weighted by Crippen LogP contribution is -2.32. The third kappa shape index (κ3) is 54.4. The molecule has 0 aromatic rings. The first-order valence-electron chi connectivity index (χ1n) is 28.7. The molecule has 0 heterocycles. The Hall–Kier alpha value is -2.39. The minimum absolute atomic E-state index is 0.152. The third-order valence-corrected chi connectivity index (χ3v) is 12.6. The van der Waals surface area contributed by atoms with Gasteiger partial charge in [0.15, 0.2) is 0 Å². The Morgan fingerprint density at radius 1 is 0.433 bits per heavy atom. The minimum Gasteiger partial charge on any atom is -0.466 e. The van der Waals surface area contributed by atoms with Gasteiger partial charge in [0.2, 0.25) is 0 Å². The van der Waals surface area contributed by atoms with Gasteiger partial charge in [-0.1, -0.05) is 192 Å². The van der Waals surface area contributed by atoms with Gasteiger partial charge in [-0.2, -0.15) is 0 Å². The second-order valence-electron chi connectivity index (χ2n) is 19.6. The van der Waals surface area contributed by atoms with E-state index in [0.29, 0.717) is 71.5 Å². The van der Waals surface area contributed by atoms with Crippen LogP contribution in [0.2, 0.25) is 0 Å². The van der Waals surface area contributed by atoms with Crippen molar-refractivity contribution in [2.24, 2.45) is 0 Å². The van der Waals surface area contributed by atoms with Gasteiger partial charge in [-0.3, -0.25) is 9.59 Å². The monoisotopic (exact) mass is 947 g/mol. The van der Waals surface area contributed by atoms with Gasteiger partial charge in [0, 0.05) is 25.9 Å². The number of unbranched alkanes of at least 4 members (excludes halogenated alkanes) is 30. The van der Waals surface area contributed by atoms with Crippen molar-refractivity contribution in [3.63, 3.8) is 0 Å². The van der Waals surface area contributed by atoms with E-state index in [4.69, 9.17) is 18.9 Å². The predicted octanol–water partition coefficient (Wildman–Crippen LogP) is 16.5. The summed E-state index contributed by atoms with van der Waals surface area (Å²) in [6, 6.07) is 0. The molecule has 394 valence electrons. The lowest BCUT2D eigenvalue weighted by atomic mass is 10.1. The lowest BCUT2D eigenvalue weighted by molar-refractivity contribution is -0.144. The number of likely N-dealkylation sites (N-methyl/N-ethyl adjacent to an activating group) is 1. The summed E-state index contributed by atoms with van der Waals surface area (Å²) in [5.74, 6) is -0.305. The molecule has 0 rings (SSSR count). The first-order valence-corrected chi connectivity index (χ1v) is 28.7. The largest absolute Gasteiger partial charge is 0.466 e. The fourth-order valence-corrected chi connectivity index (χ4v) is 8.26. The SMILES string of the molecule is CCCCCCCC/C=C\CCCCCCCCCCCC(=O)OCCCC(CCCOC(=O)CCCCCCCCCCC/C=C\CCCCCCCC)OC(=O)NCCOCCN(C)C. The maximum Gasteiger partial charge on any atom is 0.407 e. The molecule has 67 heavy (non-hydrogen) atoms. The van der Waals surface area contributed by atoms with Crippen molar-refractivity contribution in [3.8, 4) is 0 Å². The van der Waals surface area contributed by atoms with Gasteiger partial charge in [0.25, 0.3) is 0 Å². The summed E-state index contributed by atoms with van der Waals surface area (Å²) in [4.78, 5) is 39.5. The Balaban J connectivity index is 4.08. The Kier molecular flexibility index (Phi) is 52.6. The Bertz CT molecular complexity index is 1040. The number of hydrogen-bond acceptors (Lipinski definition) is 8. The van der Waals surface area contributed by atoms with Crippen LogP contribution in [0.4, 0.5) is 4.79 Å². The topological polar surface area (TPSA) is 103 Å². The molecular weight excluding hydrogens is 837 g/mol. The summed E-state index contributed by atoms with van der Waals surface area (Å²) >= 11 is 0. The average molecular weight is 948 g/mol. The molecule has 0 radical (unpaired) electrons. The lowest BCUT2D eigenvalue weighted by Gasteiger charge is -2.18. The van der Waals surface area contributed by atoms with Crippen molar-refractivity contribution in [3.05, 3.63) is 24.3 Å². The van der Waals surface area contributed by atoms with E-state index in [2.05, 4.69) is 43.5 Å². The first-order chi connectivity index (χ1) is 32.9. The van der Waals surface area contributed by atoms with Crippen molar-refractivity contribution < 1.29 is 33.3 Å². The fraction of sp³-hybridized carbons (Fsp3) is 0.879. The standard InChI is InChI=1S/C58H110N2O7/c1-5-7-9-11-13-15-17-19-21-23-25-27-29-31-33-35-37-39-41-47-56(61)65-51-43-45-55(67-58(63)59-49-53-64-54-50-60(3)4)46-44-52-66-57(62)48-42-40-38-36-34-32-30-28-26-24-22-20-18-16-14-12-10-8-6-2/h19-22,55H,5-18,23-54H2,1-4H3,(H,59,63)/b21-19-,22-20-. The summed E-state index contributed by atoms with van der Waals surface area (Å²) in [7, 11) is 3.98. The number of rotatable bonds is 53. The van der Waals surface area contributed by atoms with Crippen molar-refractivity contribution in [2.75, 3.05) is 53.6 Å². The van der Waals surface area contributed by atoms with E-state index in [1.54, 1.807) is 0 Å². The highest BCUT2D eigenvalue weighted by Gasteiger charge is 2.16. The Morgan fingerprint density at radius 2 is 0.776 bits per heavy atom. The molecule has 0 aliphatic heterocycles. The summed E-state index contributed by atoms with van der Waals surface area (Å²) in [5, 5.41) is 2.78. The molecule has 0 bridgehead atoms.